The van der Waals surface area contributed by atoms with E-state index in [0.717, 1.165) is 11.1 Å². The molecule has 0 N–H and O–H groups in total. The van der Waals surface area contributed by atoms with Gasteiger partial charge in [0.15, 0.2) is 0 Å². The van der Waals surface area contributed by atoms with Crippen LogP contribution in [0, 0.1) is 5.95 Å². The molecular formula is C11H8BrFN2. The summed E-state index contributed by atoms with van der Waals surface area (Å²) in [5.41, 5.74) is 2.22. The number of halogens is 2. The van der Waals surface area contributed by atoms with Gasteiger partial charge in [-0.2, -0.15) is 4.39 Å². The van der Waals surface area contributed by atoms with Gasteiger partial charge in [-0.3, -0.25) is 4.98 Å². The Morgan fingerprint density at radius 3 is 2.53 bits per heavy atom. The molecule has 2 aromatic heterocycles. The van der Waals surface area contributed by atoms with Crippen LogP contribution >= 0.6 is 15.9 Å². The van der Waals surface area contributed by atoms with Crippen molar-refractivity contribution in [2.75, 3.05) is 0 Å². The van der Waals surface area contributed by atoms with Crippen molar-refractivity contribution in [1.29, 1.82) is 0 Å². The van der Waals surface area contributed by atoms with Crippen molar-refractivity contribution in [2.45, 2.75) is 5.33 Å². The normalized spacial score (nSPS) is 10.3. The van der Waals surface area contributed by atoms with E-state index < -0.39 is 5.95 Å². The minimum atomic E-state index is -0.446. The maximum absolute atomic E-state index is 13.6. The highest BCUT2D eigenvalue weighted by molar-refractivity contribution is 9.08. The topological polar surface area (TPSA) is 25.8 Å². The molecular weight excluding hydrogens is 259 g/mol. The molecule has 0 amide bonds. The molecule has 0 aromatic carbocycles. The van der Waals surface area contributed by atoms with Crippen LogP contribution in [0.3, 0.4) is 0 Å². The first-order chi connectivity index (χ1) is 7.33. The van der Waals surface area contributed by atoms with E-state index in [9.17, 15) is 4.39 Å². The molecule has 0 bridgehead atoms. The number of alkyl halides is 1. The summed E-state index contributed by atoms with van der Waals surface area (Å²) in [6, 6.07) is 5.34. The molecule has 2 rings (SSSR count). The van der Waals surface area contributed by atoms with Gasteiger partial charge in [-0.15, -0.1) is 0 Å². The van der Waals surface area contributed by atoms with Crippen molar-refractivity contribution < 1.29 is 4.39 Å². The number of pyridine rings is 2. The van der Waals surface area contributed by atoms with Crippen molar-refractivity contribution in [2.24, 2.45) is 0 Å². The minimum Gasteiger partial charge on any atom is -0.265 e. The van der Waals surface area contributed by atoms with Crippen molar-refractivity contribution in [1.82, 2.24) is 9.97 Å². The zero-order chi connectivity index (χ0) is 10.7. The van der Waals surface area contributed by atoms with Crippen molar-refractivity contribution >= 4 is 15.9 Å². The van der Waals surface area contributed by atoms with Crippen LogP contribution in [0.5, 0.6) is 0 Å². The van der Waals surface area contributed by atoms with E-state index in [1.807, 2.05) is 0 Å². The van der Waals surface area contributed by atoms with Crippen molar-refractivity contribution in [3.63, 3.8) is 0 Å². The number of aromatic nitrogens is 2. The average Bonchev–Trinajstić information content (AvgIpc) is 2.29. The molecule has 0 aliphatic carbocycles. The van der Waals surface area contributed by atoms with E-state index >= 15 is 0 Å². The van der Waals surface area contributed by atoms with E-state index in [-0.39, 0.29) is 0 Å². The van der Waals surface area contributed by atoms with Crippen molar-refractivity contribution in [3.05, 3.63) is 48.3 Å². The minimum absolute atomic E-state index is 0.446. The van der Waals surface area contributed by atoms with Gasteiger partial charge in [0.05, 0.1) is 0 Å². The Bertz CT molecular complexity index is 459. The van der Waals surface area contributed by atoms with Crippen LogP contribution in [-0.4, -0.2) is 9.97 Å². The summed E-state index contributed by atoms with van der Waals surface area (Å²) in [5, 5.41) is 0.601. The van der Waals surface area contributed by atoms with Gasteiger partial charge >= 0.3 is 0 Å². The molecule has 0 aliphatic rings. The van der Waals surface area contributed by atoms with E-state index in [0.29, 0.717) is 10.9 Å². The van der Waals surface area contributed by atoms with Crippen LogP contribution < -0.4 is 0 Å². The second-order valence-electron chi connectivity index (χ2n) is 3.01. The van der Waals surface area contributed by atoms with E-state index in [2.05, 4.69) is 25.9 Å². The van der Waals surface area contributed by atoms with Gasteiger partial charge in [-0.1, -0.05) is 15.9 Å². The standard InChI is InChI=1S/C11H8BrFN2/c12-7-9-3-6-15-11(13)10(9)8-1-4-14-5-2-8/h1-6H,7H2. The zero-order valence-electron chi connectivity index (χ0n) is 7.82. The second-order valence-corrected chi connectivity index (χ2v) is 3.57. The number of nitrogens with zero attached hydrogens (tertiary/aromatic N) is 2. The first-order valence-corrected chi connectivity index (χ1v) is 5.55. The highest BCUT2D eigenvalue weighted by Crippen LogP contribution is 2.26. The van der Waals surface area contributed by atoms with E-state index in [4.69, 9.17) is 0 Å². The quantitative estimate of drug-likeness (QED) is 0.617. The maximum atomic E-state index is 13.6. The summed E-state index contributed by atoms with van der Waals surface area (Å²) < 4.78 is 13.6. The molecule has 0 atom stereocenters. The van der Waals surface area contributed by atoms with Crippen LogP contribution in [0.2, 0.25) is 0 Å². The third-order valence-corrected chi connectivity index (χ3v) is 2.71. The lowest BCUT2D eigenvalue weighted by molar-refractivity contribution is 0.586. The molecule has 0 saturated heterocycles. The maximum Gasteiger partial charge on any atom is 0.221 e. The summed E-state index contributed by atoms with van der Waals surface area (Å²) >= 11 is 3.33. The first-order valence-electron chi connectivity index (χ1n) is 4.42. The van der Waals surface area contributed by atoms with Crippen molar-refractivity contribution in [3.8, 4) is 11.1 Å². The van der Waals surface area contributed by atoms with Gasteiger partial charge in [-0.25, -0.2) is 4.98 Å². The predicted octanol–water partition coefficient (Wildman–Crippen LogP) is 3.18. The fourth-order valence-corrected chi connectivity index (χ4v) is 1.87. The summed E-state index contributed by atoms with van der Waals surface area (Å²) in [5.74, 6) is -0.446. The molecule has 2 nitrogen and oxygen atoms in total. The van der Waals surface area contributed by atoms with Gasteiger partial charge in [0, 0.05) is 29.5 Å². The zero-order valence-corrected chi connectivity index (χ0v) is 9.41. The fourth-order valence-electron chi connectivity index (χ4n) is 1.41. The summed E-state index contributed by atoms with van der Waals surface area (Å²) in [7, 11) is 0. The van der Waals surface area contributed by atoms with Gasteiger partial charge in [0.2, 0.25) is 5.95 Å². The molecule has 15 heavy (non-hydrogen) atoms. The van der Waals surface area contributed by atoms with Crippen LogP contribution in [-0.2, 0) is 5.33 Å². The van der Waals surface area contributed by atoms with Crippen LogP contribution in [0.25, 0.3) is 11.1 Å². The molecule has 2 aromatic rings. The monoisotopic (exact) mass is 266 g/mol. The third kappa shape index (κ3) is 2.04. The Hall–Kier alpha value is -1.29. The SMILES string of the molecule is Fc1nccc(CBr)c1-c1ccncc1. The molecule has 0 spiro atoms. The molecule has 0 unspecified atom stereocenters. The van der Waals surface area contributed by atoms with Gasteiger partial charge in [0.1, 0.15) is 0 Å². The Labute approximate surface area is 95.3 Å². The second kappa shape index (κ2) is 4.49. The highest BCUT2D eigenvalue weighted by atomic mass is 79.9. The summed E-state index contributed by atoms with van der Waals surface area (Å²) in [6.45, 7) is 0. The van der Waals surface area contributed by atoms with Gasteiger partial charge in [0.25, 0.3) is 0 Å². The number of rotatable bonds is 2. The third-order valence-electron chi connectivity index (χ3n) is 2.10. The molecule has 4 heteroatoms. The summed E-state index contributed by atoms with van der Waals surface area (Å²) in [4.78, 5) is 7.56. The van der Waals surface area contributed by atoms with Crippen LogP contribution in [0.15, 0.2) is 36.8 Å². The number of hydrogen-bond donors (Lipinski definition) is 0. The number of hydrogen-bond acceptors (Lipinski definition) is 2. The Kier molecular flexibility index (Phi) is 3.06. The fraction of sp³-hybridized carbons (Fsp3) is 0.0909. The van der Waals surface area contributed by atoms with Gasteiger partial charge in [-0.05, 0) is 29.3 Å². The Morgan fingerprint density at radius 1 is 1.13 bits per heavy atom. The molecule has 76 valence electrons. The smallest absolute Gasteiger partial charge is 0.221 e. The predicted molar refractivity (Wildman–Crippen MR) is 60.1 cm³/mol. The molecule has 2 heterocycles. The molecule has 0 saturated carbocycles. The lowest BCUT2D eigenvalue weighted by atomic mass is 10.0. The molecule has 0 fully saturated rings. The van der Waals surface area contributed by atoms with E-state index in [1.165, 1.54) is 6.20 Å². The lowest BCUT2D eigenvalue weighted by Crippen LogP contribution is -1.94. The molecule has 0 radical (unpaired) electrons. The molecule has 0 aliphatic heterocycles. The highest BCUT2D eigenvalue weighted by Gasteiger charge is 2.10. The Balaban J connectivity index is 2.61. The lowest BCUT2D eigenvalue weighted by Gasteiger charge is -2.07. The summed E-state index contributed by atoms with van der Waals surface area (Å²) in [6.07, 6.45) is 4.75. The van der Waals surface area contributed by atoms with Crippen LogP contribution in [0.4, 0.5) is 4.39 Å². The van der Waals surface area contributed by atoms with Gasteiger partial charge < -0.3 is 0 Å². The average molecular weight is 267 g/mol. The van der Waals surface area contributed by atoms with E-state index in [1.54, 1.807) is 30.6 Å². The first kappa shape index (κ1) is 10.2. The Morgan fingerprint density at radius 2 is 1.87 bits per heavy atom. The van der Waals surface area contributed by atoms with Crippen LogP contribution in [0.1, 0.15) is 5.56 Å². The largest absolute Gasteiger partial charge is 0.265 e.